The summed E-state index contributed by atoms with van der Waals surface area (Å²) in [7, 11) is 1.72. The van der Waals surface area contributed by atoms with Crippen LogP contribution in [0.3, 0.4) is 0 Å². The molecule has 1 N–H and O–H groups in total. The molecule has 0 saturated carbocycles. The molecule has 1 aliphatic heterocycles. The quantitative estimate of drug-likeness (QED) is 0.0563. The Morgan fingerprint density at radius 2 is 1.55 bits per heavy atom. The van der Waals surface area contributed by atoms with Crippen molar-refractivity contribution in [2.45, 2.75) is 77.2 Å². The van der Waals surface area contributed by atoms with Crippen LogP contribution in [0.5, 0.6) is 11.5 Å². The Morgan fingerprint density at radius 1 is 0.964 bits per heavy atom. The van der Waals surface area contributed by atoms with Crippen LogP contribution in [0.1, 0.15) is 64.0 Å². The zero-order chi connectivity index (χ0) is 40.2. The predicted molar refractivity (Wildman–Crippen MR) is 216 cm³/mol. The lowest BCUT2D eigenvalue weighted by atomic mass is 9.80. The standard InChI is InChI=1S/C42H53N4O9P/c1-9-26-51-41(48)44-38-24-25-45(40(47)43-38)39-27-36(55-56(53-10-2)46(29(3)4)30(5)6)37(54-39)28-52-42(31-14-12-11-13-15-31,32-16-20-34(49-7)21-17-32)33-18-22-35(50-8)23-19-33/h9,11-25,29-30,36-37,39H,1,10,26-28H2,2-8H3,(H,43,44,47,48)/t36-,37+,39+,56?/m0/s1. The summed E-state index contributed by atoms with van der Waals surface area (Å²) in [4.78, 5) is 29.7. The summed E-state index contributed by atoms with van der Waals surface area (Å²) in [5.74, 6) is 1.46. The summed E-state index contributed by atoms with van der Waals surface area (Å²) in [6.07, 6.45) is 0.527. The topological polar surface area (TPSA) is 132 Å². The van der Waals surface area contributed by atoms with Crippen LogP contribution in [0.25, 0.3) is 0 Å². The van der Waals surface area contributed by atoms with E-state index in [-0.39, 0.29) is 31.1 Å². The molecule has 14 heteroatoms. The van der Waals surface area contributed by atoms with Gasteiger partial charge < -0.3 is 32.7 Å². The molecule has 1 unspecified atom stereocenters. The van der Waals surface area contributed by atoms with E-state index in [1.165, 1.54) is 22.9 Å². The Kier molecular flexibility index (Phi) is 15.2. The molecule has 56 heavy (non-hydrogen) atoms. The molecule has 1 aliphatic rings. The van der Waals surface area contributed by atoms with Gasteiger partial charge in [0.15, 0.2) is 0 Å². The average Bonchev–Trinajstić information content (AvgIpc) is 3.59. The number of nitrogens with one attached hydrogen (secondary N) is 1. The zero-order valence-corrected chi connectivity index (χ0v) is 34.0. The summed E-state index contributed by atoms with van der Waals surface area (Å²) >= 11 is 0. The number of nitrogens with zero attached hydrogens (tertiary/aromatic N) is 3. The SMILES string of the molecule is C=CCOC(=O)Nc1ccn([C@H]2C[C@H](OP(OCC)N(C(C)C)C(C)C)[C@@H](COC(c3ccccc3)(c3ccc(OC)cc3)c3ccc(OC)cc3)O2)c(=O)n1. The average molecular weight is 789 g/mol. The van der Waals surface area contributed by atoms with E-state index in [0.717, 1.165) is 16.7 Å². The lowest BCUT2D eigenvalue weighted by molar-refractivity contribution is -0.0925. The molecule has 4 atom stereocenters. The van der Waals surface area contributed by atoms with Gasteiger partial charge in [-0.1, -0.05) is 67.3 Å². The first-order valence-corrected chi connectivity index (χ1v) is 19.8. The summed E-state index contributed by atoms with van der Waals surface area (Å²) in [6.45, 7) is 14.4. The highest BCUT2D eigenvalue weighted by Gasteiger charge is 2.45. The Bertz CT molecular complexity index is 1850. The van der Waals surface area contributed by atoms with E-state index < -0.39 is 44.3 Å². The minimum absolute atomic E-state index is 0.0154. The summed E-state index contributed by atoms with van der Waals surface area (Å²) in [6, 6.07) is 27.4. The van der Waals surface area contributed by atoms with Gasteiger partial charge in [0.2, 0.25) is 0 Å². The van der Waals surface area contributed by atoms with Gasteiger partial charge in [0.05, 0.1) is 33.5 Å². The molecule has 300 valence electrons. The van der Waals surface area contributed by atoms with Crippen LogP contribution in [-0.4, -0.2) is 78.6 Å². The van der Waals surface area contributed by atoms with Crippen molar-refractivity contribution in [3.63, 3.8) is 0 Å². The fourth-order valence-corrected chi connectivity index (χ4v) is 8.47. The normalized spacial score (nSPS) is 17.6. The molecule has 1 aromatic heterocycles. The molecule has 0 aliphatic carbocycles. The van der Waals surface area contributed by atoms with Crippen LogP contribution in [0, 0.1) is 0 Å². The van der Waals surface area contributed by atoms with Gasteiger partial charge in [-0.2, -0.15) is 4.98 Å². The van der Waals surface area contributed by atoms with Gasteiger partial charge >= 0.3 is 11.8 Å². The van der Waals surface area contributed by atoms with E-state index in [1.54, 1.807) is 14.2 Å². The van der Waals surface area contributed by atoms with Crippen molar-refractivity contribution < 1.29 is 37.5 Å². The number of carbonyl (C=O) groups excluding carboxylic acids is 1. The summed E-state index contributed by atoms with van der Waals surface area (Å²) in [5, 5.41) is 2.47. The highest BCUT2D eigenvalue weighted by molar-refractivity contribution is 7.44. The van der Waals surface area contributed by atoms with Gasteiger partial charge in [0.1, 0.15) is 41.9 Å². The minimum atomic E-state index is -1.54. The van der Waals surface area contributed by atoms with Crippen LogP contribution < -0.4 is 20.5 Å². The van der Waals surface area contributed by atoms with Gasteiger partial charge in [-0.3, -0.25) is 9.88 Å². The molecule has 1 fully saturated rings. The van der Waals surface area contributed by atoms with Crippen molar-refractivity contribution >= 4 is 20.4 Å². The maximum Gasteiger partial charge on any atom is 0.413 e. The molecule has 0 bridgehead atoms. The second-order valence-corrected chi connectivity index (χ2v) is 15.0. The third kappa shape index (κ3) is 10.0. The number of carbonyl (C=O) groups is 1. The second kappa shape index (κ2) is 20.0. The third-order valence-corrected chi connectivity index (χ3v) is 11.5. The molecular formula is C42H53N4O9P. The van der Waals surface area contributed by atoms with E-state index in [0.29, 0.717) is 24.5 Å². The number of ether oxygens (including phenoxy) is 5. The van der Waals surface area contributed by atoms with Crippen molar-refractivity contribution in [1.29, 1.82) is 0 Å². The van der Waals surface area contributed by atoms with Crippen LogP contribution in [0.2, 0.25) is 0 Å². The molecule has 0 spiro atoms. The third-order valence-electron chi connectivity index (χ3n) is 9.23. The first-order chi connectivity index (χ1) is 27.0. The number of aromatic nitrogens is 2. The second-order valence-electron chi connectivity index (χ2n) is 13.6. The largest absolute Gasteiger partial charge is 0.497 e. The number of amides is 1. The highest BCUT2D eigenvalue weighted by atomic mass is 31.2. The predicted octanol–water partition coefficient (Wildman–Crippen LogP) is 8.06. The molecule has 4 aromatic rings. The van der Waals surface area contributed by atoms with Gasteiger partial charge in [0.25, 0.3) is 8.53 Å². The fraction of sp³-hybridized carbons (Fsp3) is 0.405. The number of methoxy groups -OCH3 is 2. The van der Waals surface area contributed by atoms with Crippen molar-refractivity contribution in [1.82, 2.24) is 14.2 Å². The van der Waals surface area contributed by atoms with Crippen molar-refractivity contribution in [3.05, 3.63) is 131 Å². The number of rotatable bonds is 19. The monoisotopic (exact) mass is 788 g/mol. The lowest BCUT2D eigenvalue weighted by Crippen LogP contribution is -2.39. The van der Waals surface area contributed by atoms with E-state index in [4.69, 9.17) is 32.7 Å². The molecule has 3 aromatic carbocycles. The summed E-state index contributed by atoms with van der Waals surface area (Å²) < 4.78 is 46.8. The summed E-state index contributed by atoms with van der Waals surface area (Å²) in [5.41, 5.74) is 0.868. The van der Waals surface area contributed by atoms with E-state index in [1.807, 2.05) is 85.8 Å². The Balaban J connectivity index is 1.56. The van der Waals surface area contributed by atoms with Gasteiger partial charge in [-0.15, -0.1) is 0 Å². The van der Waals surface area contributed by atoms with Crippen LogP contribution >= 0.6 is 8.53 Å². The van der Waals surface area contributed by atoms with E-state index >= 15 is 0 Å². The Morgan fingerprint density at radius 3 is 2.07 bits per heavy atom. The number of anilines is 1. The molecule has 5 rings (SSSR count). The molecule has 1 saturated heterocycles. The van der Waals surface area contributed by atoms with Crippen LogP contribution in [0.4, 0.5) is 10.6 Å². The Hall–Kier alpha value is -4.62. The molecule has 0 radical (unpaired) electrons. The first-order valence-electron chi connectivity index (χ1n) is 18.7. The van der Waals surface area contributed by atoms with Gasteiger partial charge in [-0.05, 0) is 81.6 Å². The Labute approximate surface area is 330 Å². The smallest absolute Gasteiger partial charge is 0.413 e. The number of hydrogen-bond acceptors (Lipinski definition) is 11. The van der Waals surface area contributed by atoms with Gasteiger partial charge in [0, 0.05) is 24.7 Å². The minimum Gasteiger partial charge on any atom is -0.497 e. The lowest BCUT2D eigenvalue weighted by Gasteiger charge is -2.39. The maximum atomic E-state index is 13.5. The molecule has 13 nitrogen and oxygen atoms in total. The first kappa shape index (κ1) is 42.5. The molecule has 1 amide bonds. The molecule has 2 heterocycles. The molecular weight excluding hydrogens is 735 g/mol. The van der Waals surface area contributed by atoms with Crippen LogP contribution in [0.15, 0.2) is 109 Å². The fourth-order valence-electron chi connectivity index (χ4n) is 6.74. The zero-order valence-electron chi connectivity index (χ0n) is 33.1. The van der Waals surface area contributed by atoms with Crippen LogP contribution in [-0.2, 0) is 28.9 Å². The van der Waals surface area contributed by atoms with E-state index in [2.05, 4.69) is 49.2 Å². The number of benzene rings is 3. The highest BCUT2D eigenvalue weighted by Crippen LogP contribution is 2.50. The van der Waals surface area contributed by atoms with E-state index in [9.17, 15) is 9.59 Å². The maximum absolute atomic E-state index is 13.5. The van der Waals surface area contributed by atoms with Crippen molar-refractivity contribution in [3.8, 4) is 11.5 Å². The van der Waals surface area contributed by atoms with Crippen molar-refractivity contribution in [2.24, 2.45) is 0 Å². The number of hydrogen-bond donors (Lipinski definition) is 1. The van der Waals surface area contributed by atoms with Gasteiger partial charge in [-0.25, -0.2) is 14.3 Å². The van der Waals surface area contributed by atoms with Crippen molar-refractivity contribution in [2.75, 3.05) is 39.4 Å².